The molecule has 0 aliphatic rings. The van der Waals surface area contributed by atoms with E-state index in [0.717, 1.165) is 0 Å². The summed E-state index contributed by atoms with van der Waals surface area (Å²) in [5.41, 5.74) is 0.756. The zero-order valence-electron chi connectivity index (χ0n) is 8.84. The standard InChI is InChI=1S/C11H8BrClFN3/c1-15-9-5-16-4-8(17-9)6-2-3-7(12)10(13)11(6)14/h2-5H,1H3,(H,15,17). The molecule has 0 saturated carbocycles. The Bertz CT molecular complexity index is 562. The smallest absolute Gasteiger partial charge is 0.152 e. The Morgan fingerprint density at radius 1 is 1.35 bits per heavy atom. The van der Waals surface area contributed by atoms with Crippen molar-refractivity contribution in [3.8, 4) is 11.3 Å². The number of halogens is 3. The summed E-state index contributed by atoms with van der Waals surface area (Å²) in [6.45, 7) is 0. The monoisotopic (exact) mass is 315 g/mol. The minimum absolute atomic E-state index is 0.0409. The lowest BCUT2D eigenvalue weighted by atomic mass is 10.1. The third-order valence-electron chi connectivity index (χ3n) is 2.20. The maximum Gasteiger partial charge on any atom is 0.152 e. The maximum atomic E-state index is 13.9. The summed E-state index contributed by atoms with van der Waals surface area (Å²) in [4.78, 5) is 8.18. The summed E-state index contributed by atoms with van der Waals surface area (Å²) < 4.78 is 14.4. The first-order valence-corrected chi connectivity index (χ1v) is 5.94. The number of hydrogen-bond acceptors (Lipinski definition) is 3. The van der Waals surface area contributed by atoms with E-state index >= 15 is 0 Å². The van der Waals surface area contributed by atoms with Gasteiger partial charge in [-0.25, -0.2) is 9.37 Å². The normalized spacial score (nSPS) is 10.4. The highest BCUT2D eigenvalue weighted by Gasteiger charge is 2.13. The lowest BCUT2D eigenvalue weighted by Crippen LogP contribution is -1.96. The molecular formula is C11H8BrClFN3. The largest absolute Gasteiger partial charge is 0.372 e. The second kappa shape index (κ2) is 4.98. The highest BCUT2D eigenvalue weighted by molar-refractivity contribution is 9.10. The Morgan fingerprint density at radius 2 is 2.12 bits per heavy atom. The second-order valence-corrected chi connectivity index (χ2v) is 4.49. The molecule has 0 aliphatic carbocycles. The Labute approximate surface area is 111 Å². The van der Waals surface area contributed by atoms with Gasteiger partial charge in [-0.2, -0.15) is 0 Å². The van der Waals surface area contributed by atoms with Crippen molar-refractivity contribution in [2.24, 2.45) is 0 Å². The molecule has 1 heterocycles. The van der Waals surface area contributed by atoms with Gasteiger partial charge < -0.3 is 5.32 Å². The quantitative estimate of drug-likeness (QED) is 0.858. The molecule has 0 spiro atoms. The van der Waals surface area contributed by atoms with Gasteiger partial charge in [0.15, 0.2) is 5.82 Å². The van der Waals surface area contributed by atoms with Crippen molar-refractivity contribution in [3.63, 3.8) is 0 Å². The topological polar surface area (TPSA) is 37.8 Å². The lowest BCUT2D eigenvalue weighted by Gasteiger charge is -2.06. The lowest BCUT2D eigenvalue weighted by molar-refractivity contribution is 0.630. The molecule has 88 valence electrons. The van der Waals surface area contributed by atoms with Crippen LogP contribution in [0.3, 0.4) is 0 Å². The van der Waals surface area contributed by atoms with Crippen molar-refractivity contribution in [1.82, 2.24) is 9.97 Å². The van der Waals surface area contributed by atoms with Gasteiger partial charge in [-0.05, 0) is 28.1 Å². The molecule has 0 atom stereocenters. The Balaban J connectivity index is 2.56. The molecule has 17 heavy (non-hydrogen) atoms. The zero-order valence-corrected chi connectivity index (χ0v) is 11.2. The van der Waals surface area contributed by atoms with E-state index in [-0.39, 0.29) is 5.02 Å². The molecule has 0 bridgehead atoms. The van der Waals surface area contributed by atoms with Gasteiger partial charge >= 0.3 is 0 Å². The van der Waals surface area contributed by atoms with Crippen LogP contribution in [0.15, 0.2) is 29.0 Å². The highest BCUT2D eigenvalue weighted by atomic mass is 79.9. The molecule has 0 saturated heterocycles. The molecular weight excluding hydrogens is 308 g/mol. The van der Waals surface area contributed by atoms with Crippen LogP contribution in [-0.4, -0.2) is 17.0 Å². The summed E-state index contributed by atoms with van der Waals surface area (Å²) in [6.07, 6.45) is 3.05. The second-order valence-electron chi connectivity index (χ2n) is 3.26. The van der Waals surface area contributed by atoms with Crippen LogP contribution in [0.2, 0.25) is 5.02 Å². The first kappa shape index (κ1) is 12.3. The first-order valence-electron chi connectivity index (χ1n) is 4.77. The van der Waals surface area contributed by atoms with Crippen LogP contribution in [-0.2, 0) is 0 Å². The van der Waals surface area contributed by atoms with Crippen molar-refractivity contribution in [2.45, 2.75) is 0 Å². The van der Waals surface area contributed by atoms with E-state index < -0.39 is 5.82 Å². The van der Waals surface area contributed by atoms with Crippen molar-refractivity contribution < 1.29 is 4.39 Å². The van der Waals surface area contributed by atoms with E-state index in [1.54, 1.807) is 25.4 Å². The van der Waals surface area contributed by atoms with Gasteiger partial charge in [0.1, 0.15) is 5.82 Å². The number of nitrogens with zero attached hydrogens (tertiary/aromatic N) is 2. The first-order chi connectivity index (χ1) is 8.13. The van der Waals surface area contributed by atoms with E-state index in [0.29, 0.717) is 21.5 Å². The molecule has 2 aromatic rings. The summed E-state index contributed by atoms with van der Waals surface area (Å²) >= 11 is 8.98. The molecule has 0 radical (unpaired) electrons. The van der Waals surface area contributed by atoms with Gasteiger partial charge in [0, 0.05) is 17.1 Å². The molecule has 1 N–H and O–H groups in total. The van der Waals surface area contributed by atoms with Crippen LogP contribution < -0.4 is 5.32 Å². The fourth-order valence-electron chi connectivity index (χ4n) is 1.34. The minimum atomic E-state index is -0.511. The number of benzene rings is 1. The van der Waals surface area contributed by atoms with E-state index in [2.05, 4.69) is 31.2 Å². The fraction of sp³-hybridized carbons (Fsp3) is 0.0909. The number of anilines is 1. The third-order valence-corrected chi connectivity index (χ3v) is 3.46. The predicted molar refractivity (Wildman–Crippen MR) is 69.7 cm³/mol. The maximum absolute atomic E-state index is 13.9. The molecule has 1 aromatic carbocycles. The molecule has 6 heteroatoms. The summed E-state index contributed by atoms with van der Waals surface area (Å²) in [5, 5.41) is 2.89. The Hall–Kier alpha value is -1.20. The summed E-state index contributed by atoms with van der Waals surface area (Å²) in [5.74, 6) is 0.0598. The molecule has 2 rings (SSSR count). The van der Waals surface area contributed by atoms with Crippen LogP contribution in [0.4, 0.5) is 10.2 Å². The third kappa shape index (κ3) is 2.40. The predicted octanol–water partition coefficient (Wildman–Crippen LogP) is 3.74. The summed E-state index contributed by atoms with van der Waals surface area (Å²) in [7, 11) is 1.72. The molecule has 0 unspecified atom stereocenters. The SMILES string of the molecule is CNc1cncc(-c2ccc(Br)c(Cl)c2F)n1. The van der Waals surface area contributed by atoms with Crippen molar-refractivity contribution in [3.05, 3.63) is 39.8 Å². The highest BCUT2D eigenvalue weighted by Crippen LogP contribution is 2.32. The Morgan fingerprint density at radius 3 is 2.82 bits per heavy atom. The van der Waals surface area contributed by atoms with Gasteiger partial charge in [0.05, 0.1) is 23.1 Å². The van der Waals surface area contributed by atoms with Crippen LogP contribution in [0.1, 0.15) is 0 Å². The number of hydrogen-bond donors (Lipinski definition) is 1. The van der Waals surface area contributed by atoms with Crippen LogP contribution in [0.25, 0.3) is 11.3 Å². The van der Waals surface area contributed by atoms with E-state index in [1.807, 2.05) is 0 Å². The van der Waals surface area contributed by atoms with Gasteiger partial charge in [0.25, 0.3) is 0 Å². The minimum Gasteiger partial charge on any atom is -0.372 e. The average Bonchev–Trinajstić information content (AvgIpc) is 2.36. The molecule has 0 aliphatic heterocycles. The van der Waals surface area contributed by atoms with Crippen molar-refractivity contribution >= 4 is 33.3 Å². The van der Waals surface area contributed by atoms with Crippen molar-refractivity contribution in [1.29, 1.82) is 0 Å². The average molecular weight is 317 g/mol. The number of nitrogens with one attached hydrogen (secondary N) is 1. The van der Waals surface area contributed by atoms with E-state index in [1.165, 1.54) is 6.20 Å². The van der Waals surface area contributed by atoms with Gasteiger partial charge in [-0.1, -0.05) is 11.6 Å². The molecule has 0 amide bonds. The molecule has 1 aromatic heterocycles. The zero-order chi connectivity index (χ0) is 12.4. The van der Waals surface area contributed by atoms with E-state index in [9.17, 15) is 4.39 Å². The molecule has 3 nitrogen and oxygen atoms in total. The van der Waals surface area contributed by atoms with Gasteiger partial charge in [0.2, 0.25) is 0 Å². The van der Waals surface area contributed by atoms with Crippen LogP contribution in [0, 0.1) is 5.82 Å². The van der Waals surface area contributed by atoms with Crippen LogP contribution >= 0.6 is 27.5 Å². The Kier molecular flexibility index (Phi) is 3.59. The van der Waals surface area contributed by atoms with Gasteiger partial charge in [-0.3, -0.25) is 4.98 Å². The van der Waals surface area contributed by atoms with E-state index in [4.69, 9.17) is 11.6 Å². The number of rotatable bonds is 2. The molecule has 0 fully saturated rings. The van der Waals surface area contributed by atoms with Crippen molar-refractivity contribution in [2.75, 3.05) is 12.4 Å². The van der Waals surface area contributed by atoms with Crippen LogP contribution in [0.5, 0.6) is 0 Å². The summed E-state index contributed by atoms with van der Waals surface area (Å²) in [6, 6.07) is 3.28. The number of aromatic nitrogens is 2. The van der Waals surface area contributed by atoms with Gasteiger partial charge in [-0.15, -0.1) is 0 Å². The fourth-order valence-corrected chi connectivity index (χ4v) is 1.81.